The van der Waals surface area contributed by atoms with Gasteiger partial charge in [-0.3, -0.25) is 9.69 Å². The van der Waals surface area contributed by atoms with E-state index in [1.165, 1.54) is 11.3 Å². The monoisotopic (exact) mass is 549 g/mol. The van der Waals surface area contributed by atoms with E-state index in [2.05, 4.69) is 17.2 Å². The van der Waals surface area contributed by atoms with Crippen molar-refractivity contribution in [1.82, 2.24) is 15.2 Å². The van der Waals surface area contributed by atoms with Crippen LogP contribution >= 0.6 is 11.3 Å². The van der Waals surface area contributed by atoms with Crippen molar-refractivity contribution in [3.63, 3.8) is 0 Å². The molecule has 3 N–H and O–H groups in total. The lowest BCUT2D eigenvalue weighted by molar-refractivity contribution is -0.130. The predicted octanol–water partition coefficient (Wildman–Crippen LogP) is 2.52. The number of epoxide rings is 1. The van der Waals surface area contributed by atoms with Crippen molar-refractivity contribution in [3.8, 4) is 0 Å². The summed E-state index contributed by atoms with van der Waals surface area (Å²) in [6, 6.07) is 0. The molecule has 38 heavy (non-hydrogen) atoms. The molecule has 0 aromatic carbocycles. The van der Waals surface area contributed by atoms with E-state index in [1.54, 1.807) is 22.2 Å². The van der Waals surface area contributed by atoms with Crippen LogP contribution in [-0.2, 0) is 14.3 Å². The summed E-state index contributed by atoms with van der Waals surface area (Å²) in [6.45, 7) is 6.00. The Morgan fingerprint density at radius 3 is 2.76 bits per heavy atom. The zero-order valence-corrected chi connectivity index (χ0v) is 22.6. The Labute approximate surface area is 225 Å². The smallest absolute Gasteiger partial charge is 0.226 e. The molecular formula is C26H36FN5O5S. The third kappa shape index (κ3) is 6.09. The van der Waals surface area contributed by atoms with E-state index < -0.39 is 18.5 Å². The van der Waals surface area contributed by atoms with Gasteiger partial charge in [-0.25, -0.2) is 14.4 Å². The molecule has 3 fully saturated rings. The molecule has 0 saturated carbocycles. The zero-order valence-electron chi connectivity index (χ0n) is 21.8. The van der Waals surface area contributed by atoms with Gasteiger partial charge in [0.05, 0.1) is 18.1 Å². The Balaban J connectivity index is 1.29. The number of nitrogens with one attached hydrogen (secondary N) is 1. The molecule has 208 valence electrons. The molecule has 12 heteroatoms. The maximum Gasteiger partial charge on any atom is 0.226 e. The third-order valence-electron chi connectivity index (χ3n) is 7.34. The molecule has 0 spiro atoms. The number of hydrogen-bond acceptors (Lipinski definition) is 9. The first-order valence-corrected chi connectivity index (χ1v) is 14.2. The summed E-state index contributed by atoms with van der Waals surface area (Å²) in [7, 11) is 0. The summed E-state index contributed by atoms with van der Waals surface area (Å²) in [5.74, 6) is 0.508. The first kappa shape index (κ1) is 27.2. The van der Waals surface area contributed by atoms with Gasteiger partial charge in [0.25, 0.3) is 0 Å². The molecule has 4 aliphatic rings. The van der Waals surface area contributed by atoms with Crippen LogP contribution in [-0.4, -0.2) is 82.7 Å². The van der Waals surface area contributed by atoms with Gasteiger partial charge in [-0.05, 0) is 25.2 Å². The number of aromatic nitrogens is 1. The molecule has 10 nitrogen and oxygen atoms in total. The molecule has 0 radical (unpaired) electrons. The van der Waals surface area contributed by atoms with Gasteiger partial charge in [0.1, 0.15) is 17.8 Å². The van der Waals surface area contributed by atoms with Crippen LogP contribution in [0.2, 0.25) is 0 Å². The number of rotatable bonds is 9. The van der Waals surface area contributed by atoms with E-state index in [0.717, 1.165) is 19.4 Å². The fourth-order valence-corrected chi connectivity index (χ4v) is 5.58. The van der Waals surface area contributed by atoms with Gasteiger partial charge in [-0.15, -0.1) is 11.3 Å². The molecule has 1 amide bonds. The van der Waals surface area contributed by atoms with Gasteiger partial charge in [0, 0.05) is 62.4 Å². The average molecular weight is 550 g/mol. The molecule has 1 aromatic rings. The number of allylic oxidation sites excluding steroid dienone is 1. The first-order valence-electron chi connectivity index (χ1n) is 13.4. The van der Waals surface area contributed by atoms with E-state index in [-0.39, 0.29) is 42.4 Å². The van der Waals surface area contributed by atoms with E-state index in [0.29, 0.717) is 48.5 Å². The Kier molecular flexibility index (Phi) is 8.44. The molecule has 5 heterocycles. The topological polar surface area (TPSA) is 123 Å². The van der Waals surface area contributed by atoms with E-state index in [9.17, 15) is 15.0 Å². The highest BCUT2D eigenvalue weighted by Gasteiger charge is 2.45. The number of halogens is 1. The van der Waals surface area contributed by atoms with Gasteiger partial charge in [-0.2, -0.15) is 0 Å². The number of aliphatic hydroxyl groups excluding tert-OH is 2. The number of likely N-dealkylation sites (tertiary alicyclic amines) is 1. The highest BCUT2D eigenvalue weighted by Crippen LogP contribution is 2.36. The average Bonchev–Trinajstić information content (AvgIpc) is 3.34. The van der Waals surface area contributed by atoms with Crippen LogP contribution in [0.25, 0.3) is 0 Å². The predicted molar refractivity (Wildman–Crippen MR) is 141 cm³/mol. The van der Waals surface area contributed by atoms with E-state index in [1.807, 2.05) is 12.3 Å². The van der Waals surface area contributed by atoms with Crippen LogP contribution in [0, 0.1) is 11.8 Å². The molecule has 5 atom stereocenters. The Hall–Kier alpha value is -2.38. The van der Waals surface area contributed by atoms with Gasteiger partial charge in [-0.1, -0.05) is 13.8 Å². The minimum absolute atomic E-state index is 0.0462. The number of aliphatic imine (C=N–C) groups is 1. The van der Waals surface area contributed by atoms with Gasteiger partial charge in [0.2, 0.25) is 5.91 Å². The van der Waals surface area contributed by atoms with Crippen molar-refractivity contribution < 1.29 is 28.9 Å². The molecule has 5 unspecified atom stereocenters. The summed E-state index contributed by atoms with van der Waals surface area (Å²) in [4.78, 5) is 25.3. The second-order valence-corrected chi connectivity index (χ2v) is 11.3. The lowest BCUT2D eigenvalue weighted by atomic mass is 9.97. The van der Waals surface area contributed by atoms with E-state index in [4.69, 9.17) is 14.5 Å². The highest BCUT2D eigenvalue weighted by atomic mass is 32.1. The maximum absolute atomic E-state index is 15.3. The van der Waals surface area contributed by atoms with Crippen LogP contribution in [0.1, 0.15) is 46.0 Å². The van der Waals surface area contributed by atoms with Crippen LogP contribution in [0.4, 0.5) is 9.52 Å². The normalized spacial score (nSPS) is 31.6. The second kappa shape index (κ2) is 11.8. The Morgan fingerprint density at radius 1 is 1.34 bits per heavy atom. The third-order valence-corrected chi connectivity index (χ3v) is 8.11. The van der Waals surface area contributed by atoms with Gasteiger partial charge < -0.3 is 29.9 Å². The summed E-state index contributed by atoms with van der Waals surface area (Å²) >= 11 is 1.38. The maximum atomic E-state index is 15.3. The number of ether oxygens (including phenoxy) is 2. The Bertz CT molecular complexity index is 1080. The minimum Gasteiger partial charge on any atom is -0.388 e. The van der Waals surface area contributed by atoms with Crippen molar-refractivity contribution >= 4 is 28.2 Å². The molecule has 4 aliphatic heterocycles. The van der Waals surface area contributed by atoms with Crippen molar-refractivity contribution in [3.05, 3.63) is 35.0 Å². The highest BCUT2D eigenvalue weighted by molar-refractivity contribution is 7.13. The summed E-state index contributed by atoms with van der Waals surface area (Å²) in [6.07, 6.45) is 3.91. The summed E-state index contributed by atoms with van der Waals surface area (Å²) in [5.41, 5.74) is 0.531. The summed E-state index contributed by atoms with van der Waals surface area (Å²) in [5, 5.41) is 25.9. The van der Waals surface area contributed by atoms with Crippen LogP contribution in [0.5, 0.6) is 0 Å². The number of hydrogen-bond donors (Lipinski definition) is 3. The second-order valence-electron chi connectivity index (χ2n) is 10.5. The van der Waals surface area contributed by atoms with Crippen LogP contribution in [0.15, 0.2) is 40.0 Å². The van der Waals surface area contributed by atoms with Gasteiger partial charge >= 0.3 is 0 Å². The molecule has 5 rings (SSSR count). The van der Waals surface area contributed by atoms with Gasteiger partial charge in [0.15, 0.2) is 17.2 Å². The largest absolute Gasteiger partial charge is 0.388 e. The molecule has 0 aliphatic carbocycles. The number of aliphatic hydroxyl groups is 2. The lowest BCUT2D eigenvalue weighted by Crippen LogP contribution is -2.54. The fourth-order valence-electron chi connectivity index (χ4n) is 4.94. The fraction of sp³-hybridized carbons (Fsp3) is 0.654. The molecule has 1 aromatic heterocycles. The van der Waals surface area contributed by atoms with Crippen molar-refractivity contribution in [2.24, 2.45) is 16.8 Å². The van der Waals surface area contributed by atoms with Crippen molar-refractivity contribution in [2.45, 2.75) is 70.6 Å². The molecular weight excluding hydrogens is 513 g/mol. The SMILES string of the molecule is CCC/C(F)=C(\N=C1CC(O)C(C2OC2O)=CN1c1nccs1)N1CC(C(=O)NCC2CCC(C)CO2)C1. The number of carbonyl (C=O) groups is 1. The van der Waals surface area contributed by atoms with Crippen LogP contribution in [0.3, 0.4) is 0 Å². The van der Waals surface area contributed by atoms with Crippen LogP contribution < -0.4 is 10.2 Å². The number of nitrogens with zero attached hydrogens (tertiary/aromatic N) is 4. The standard InChI is InChI=1S/C26H36FN5O5S/c1-3-4-19(27)23(31-11-16(12-31)24(34)29-10-17-6-5-15(2)14-36-17)30-21-9-20(33)18(22-25(35)37-22)13-32(21)26-28-7-8-38-26/h7-8,13,15-17,20,22,25,33,35H,3-6,9-12,14H2,1-2H3,(H,29,34)/b23-19-,30-21?. The zero-order chi connectivity index (χ0) is 26.8. The molecule has 0 bridgehead atoms. The number of thiazole rings is 1. The number of anilines is 1. The minimum atomic E-state index is -0.942. The quantitative estimate of drug-likeness (QED) is 0.402. The lowest BCUT2D eigenvalue weighted by Gasteiger charge is -2.41. The van der Waals surface area contributed by atoms with Crippen molar-refractivity contribution in [1.29, 1.82) is 0 Å². The van der Waals surface area contributed by atoms with E-state index >= 15 is 4.39 Å². The van der Waals surface area contributed by atoms with Crippen molar-refractivity contribution in [2.75, 3.05) is 31.1 Å². The summed E-state index contributed by atoms with van der Waals surface area (Å²) < 4.78 is 26.3. The Morgan fingerprint density at radius 2 is 2.13 bits per heavy atom. The number of amidine groups is 1. The first-order chi connectivity index (χ1) is 18.3. The number of carbonyl (C=O) groups excluding carboxylic acids is 1. The molecule has 3 saturated heterocycles. The number of amides is 1.